The van der Waals surface area contributed by atoms with Gasteiger partial charge < -0.3 is 9.72 Å². The summed E-state index contributed by atoms with van der Waals surface area (Å²) in [7, 11) is 0. The van der Waals surface area contributed by atoms with E-state index >= 15 is 0 Å². The van der Waals surface area contributed by atoms with E-state index in [9.17, 15) is 4.79 Å². The number of rotatable bonds is 2. The van der Waals surface area contributed by atoms with Crippen LogP contribution in [0.25, 0.3) is 10.9 Å². The third kappa shape index (κ3) is 2.10. The Hall–Kier alpha value is -1.48. The van der Waals surface area contributed by atoms with Crippen molar-refractivity contribution in [3.8, 4) is 0 Å². The number of carbonyl (C=O) groups is 1. The third-order valence-corrected chi connectivity index (χ3v) is 4.37. The van der Waals surface area contributed by atoms with Crippen LogP contribution in [-0.2, 0) is 9.53 Å². The van der Waals surface area contributed by atoms with Gasteiger partial charge in [-0.05, 0) is 49.4 Å². The van der Waals surface area contributed by atoms with Crippen molar-refractivity contribution in [3.05, 3.63) is 34.5 Å². The Bertz CT molecular complexity index is 662. The van der Waals surface area contributed by atoms with Gasteiger partial charge in [0.15, 0.2) is 0 Å². The summed E-state index contributed by atoms with van der Waals surface area (Å²) in [6, 6.07) is 5.83. The van der Waals surface area contributed by atoms with E-state index in [0.717, 1.165) is 34.5 Å². The average molecular weight is 292 g/mol. The highest BCUT2D eigenvalue weighted by Gasteiger charge is 2.33. The fourth-order valence-corrected chi connectivity index (χ4v) is 3.37. The van der Waals surface area contributed by atoms with Gasteiger partial charge in [0.1, 0.15) is 0 Å². The zero-order chi connectivity index (χ0) is 14.3. The maximum absolute atomic E-state index is 12.1. The fourth-order valence-electron chi connectivity index (χ4n) is 3.20. The van der Waals surface area contributed by atoms with E-state index in [0.29, 0.717) is 12.5 Å². The molecule has 2 unspecified atom stereocenters. The maximum Gasteiger partial charge on any atom is 0.314 e. The van der Waals surface area contributed by atoms with Crippen molar-refractivity contribution in [2.24, 2.45) is 0 Å². The molecule has 106 valence electrons. The first kappa shape index (κ1) is 13.5. The van der Waals surface area contributed by atoms with Crippen molar-refractivity contribution in [2.75, 3.05) is 6.61 Å². The molecular formula is C16H18ClNO2. The molecule has 0 saturated carbocycles. The van der Waals surface area contributed by atoms with Crippen LogP contribution in [0, 0.1) is 0 Å². The standard InChI is InChI=1S/C16H18ClNO2/c1-3-20-16(19)11-6-4-9(2)14-12-8-10(17)5-7-13(12)18-15(11)14/h5,7-9,11,18H,3-4,6H2,1-2H3. The second-order valence-electron chi connectivity index (χ2n) is 5.43. The molecule has 1 aromatic heterocycles. The molecular weight excluding hydrogens is 274 g/mol. The lowest BCUT2D eigenvalue weighted by Gasteiger charge is -2.25. The Morgan fingerprint density at radius 2 is 2.25 bits per heavy atom. The highest BCUT2D eigenvalue weighted by atomic mass is 35.5. The Morgan fingerprint density at radius 1 is 1.45 bits per heavy atom. The van der Waals surface area contributed by atoms with Crippen LogP contribution in [-0.4, -0.2) is 17.6 Å². The Morgan fingerprint density at radius 3 is 3.00 bits per heavy atom. The van der Waals surface area contributed by atoms with Crippen LogP contribution in [0.4, 0.5) is 0 Å². The van der Waals surface area contributed by atoms with Crippen molar-refractivity contribution < 1.29 is 9.53 Å². The Balaban J connectivity index is 2.14. The lowest BCUT2D eigenvalue weighted by Crippen LogP contribution is -2.22. The van der Waals surface area contributed by atoms with E-state index in [-0.39, 0.29) is 11.9 Å². The molecule has 1 N–H and O–H groups in total. The first-order chi connectivity index (χ1) is 9.61. The molecule has 3 nitrogen and oxygen atoms in total. The molecule has 4 heteroatoms. The van der Waals surface area contributed by atoms with E-state index in [1.807, 2.05) is 25.1 Å². The molecule has 0 spiro atoms. The highest BCUT2D eigenvalue weighted by Crippen LogP contribution is 2.43. The number of H-pyrrole nitrogens is 1. The number of carbonyl (C=O) groups excluding carboxylic acids is 1. The summed E-state index contributed by atoms with van der Waals surface area (Å²) in [6.07, 6.45) is 1.84. The highest BCUT2D eigenvalue weighted by molar-refractivity contribution is 6.31. The zero-order valence-corrected chi connectivity index (χ0v) is 12.5. The van der Waals surface area contributed by atoms with Crippen molar-refractivity contribution in [1.82, 2.24) is 4.98 Å². The van der Waals surface area contributed by atoms with Crippen molar-refractivity contribution in [3.63, 3.8) is 0 Å². The summed E-state index contributed by atoms with van der Waals surface area (Å²) in [5, 5.41) is 1.86. The van der Waals surface area contributed by atoms with Gasteiger partial charge in [0.05, 0.1) is 12.5 Å². The smallest absolute Gasteiger partial charge is 0.314 e. The van der Waals surface area contributed by atoms with Crippen LogP contribution >= 0.6 is 11.6 Å². The fraction of sp³-hybridized carbons (Fsp3) is 0.438. The van der Waals surface area contributed by atoms with Gasteiger partial charge in [0, 0.05) is 21.6 Å². The third-order valence-electron chi connectivity index (χ3n) is 4.13. The van der Waals surface area contributed by atoms with E-state index in [1.54, 1.807) is 0 Å². The quantitative estimate of drug-likeness (QED) is 0.835. The molecule has 1 heterocycles. The van der Waals surface area contributed by atoms with Gasteiger partial charge in [-0.25, -0.2) is 0 Å². The monoisotopic (exact) mass is 291 g/mol. The number of fused-ring (bicyclic) bond motifs is 3. The lowest BCUT2D eigenvalue weighted by molar-refractivity contribution is -0.145. The van der Waals surface area contributed by atoms with Crippen molar-refractivity contribution in [2.45, 2.75) is 38.5 Å². The van der Waals surface area contributed by atoms with Gasteiger partial charge in [-0.3, -0.25) is 4.79 Å². The molecule has 20 heavy (non-hydrogen) atoms. The van der Waals surface area contributed by atoms with E-state index < -0.39 is 0 Å². The first-order valence-electron chi connectivity index (χ1n) is 7.09. The maximum atomic E-state index is 12.1. The number of benzene rings is 1. The van der Waals surface area contributed by atoms with Crippen LogP contribution in [0.15, 0.2) is 18.2 Å². The van der Waals surface area contributed by atoms with Crippen molar-refractivity contribution >= 4 is 28.5 Å². The van der Waals surface area contributed by atoms with E-state index in [1.165, 1.54) is 5.56 Å². The van der Waals surface area contributed by atoms with Crippen LogP contribution in [0.2, 0.25) is 5.02 Å². The minimum Gasteiger partial charge on any atom is -0.465 e. The molecule has 2 atom stereocenters. The van der Waals surface area contributed by atoms with Gasteiger partial charge in [0.2, 0.25) is 0 Å². The van der Waals surface area contributed by atoms with Crippen LogP contribution in [0.5, 0.6) is 0 Å². The first-order valence-corrected chi connectivity index (χ1v) is 7.47. The summed E-state index contributed by atoms with van der Waals surface area (Å²) in [4.78, 5) is 15.5. The molecule has 3 rings (SSSR count). The SMILES string of the molecule is CCOC(=O)C1CCC(C)c2c1[nH]c1ccc(Cl)cc21. The second kappa shape index (κ2) is 5.13. The predicted octanol–water partition coefficient (Wildman–Crippen LogP) is 4.37. The zero-order valence-electron chi connectivity index (χ0n) is 11.7. The van der Waals surface area contributed by atoms with Crippen molar-refractivity contribution in [1.29, 1.82) is 0 Å². The molecule has 2 aromatic rings. The molecule has 0 amide bonds. The summed E-state index contributed by atoms with van der Waals surface area (Å²) < 4.78 is 5.21. The number of hydrogen-bond acceptors (Lipinski definition) is 2. The molecule has 1 aromatic carbocycles. The van der Waals surface area contributed by atoms with Gasteiger partial charge >= 0.3 is 5.97 Å². The minimum absolute atomic E-state index is 0.127. The Labute approximate surface area is 123 Å². The number of halogens is 1. The van der Waals surface area contributed by atoms with Crippen LogP contribution in [0.3, 0.4) is 0 Å². The lowest BCUT2D eigenvalue weighted by atomic mass is 9.80. The minimum atomic E-state index is -0.174. The largest absolute Gasteiger partial charge is 0.465 e. The molecule has 1 aliphatic rings. The topological polar surface area (TPSA) is 42.1 Å². The molecule has 0 fully saturated rings. The van der Waals surface area contributed by atoms with Gasteiger partial charge in [-0.15, -0.1) is 0 Å². The number of esters is 1. The summed E-state index contributed by atoms with van der Waals surface area (Å²) in [5.41, 5.74) is 3.29. The molecule has 0 aliphatic heterocycles. The number of aromatic amines is 1. The summed E-state index contributed by atoms with van der Waals surface area (Å²) >= 11 is 6.11. The predicted molar refractivity (Wildman–Crippen MR) is 80.3 cm³/mol. The summed E-state index contributed by atoms with van der Waals surface area (Å²) in [6.45, 7) is 4.47. The number of nitrogens with one attached hydrogen (secondary N) is 1. The van der Waals surface area contributed by atoms with Crippen LogP contribution in [0.1, 0.15) is 49.8 Å². The number of ether oxygens (including phenoxy) is 1. The number of aromatic nitrogens is 1. The van der Waals surface area contributed by atoms with Gasteiger partial charge in [-0.2, -0.15) is 0 Å². The molecule has 0 bridgehead atoms. The Kier molecular flexibility index (Phi) is 3.47. The summed E-state index contributed by atoms with van der Waals surface area (Å²) in [5.74, 6) is 0.133. The second-order valence-corrected chi connectivity index (χ2v) is 5.86. The molecule has 1 aliphatic carbocycles. The normalized spacial score (nSPS) is 21.8. The van der Waals surface area contributed by atoms with E-state index in [4.69, 9.17) is 16.3 Å². The van der Waals surface area contributed by atoms with E-state index in [2.05, 4.69) is 11.9 Å². The number of hydrogen-bond donors (Lipinski definition) is 1. The molecule has 0 saturated heterocycles. The van der Waals surface area contributed by atoms with Crippen LogP contribution < -0.4 is 0 Å². The van der Waals surface area contributed by atoms with Gasteiger partial charge in [0.25, 0.3) is 0 Å². The average Bonchev–Trinajstić information content (AvgIpc) is 2.78. The van der Waals surface area contributed by atoms with Gasteiger partial charge in [-0.1, -0.05) is 18.5 Å². The molecule has 0 radical (unpaired) electrons.